The fourth-order valence-corrected chi connectivity index (χ4v) is 4.92. The minimum Gasteiger partial charge on any atom is -0.278 e. The molecule has 3 aliphatic rings. The summed E-state index contributed by atoms with van der Waals surface area (Å²) in [6, 6.07) is 5.66. The van der Waals surface area contributed by atoms with Gasteiger partial charge in [0.1, 0.15) is 0 Å². The predicted molar refractivity (Wildman–Crippen MR) is 87.1 cm³/mol. The first-order valence-electron chi connectivity index (χ1n) is 8.21. The summed E-state index contributed by atoms with van der Waals surface area (Å²) in [5.74, 6) is 0.311. The van der Waals surface area contributed by atoms with Crippen molar-refractivity contribution in [1.29, 1.82) is 0 Å². The number of amides is 2. The Hall–Kier alpha value is -2.50. The van der Waals surface area contributed by atoms with E-state index >= 15 is 0 Å². The van der Waals surface area contributed by atoms with Gasteiger partial charge in [-0.2, -0.15) is 0 Å². The molecule has 2 fully saturated rings. The molecule has 1 spiro atoms. The van der Waals surface area contributed by atoms with E-state index in [0.29, 0.717) is 12.3 Å². The van der Waals surface area contributed by atoms with Crippen LogP contribution in [0.4, 0.5) is 11.4 Å². The summed E-state index contributed by atoms with van der Waals surface area (Å²) in [4.78, 5) is 36.1. The summed E-state index contributed by atoms with van der Waals surface area (Å²) in [5.41, 5.74) is 0.358. The second-order valence-corrected chi connectivity index (χ2v) is 7.15. The summed E-state index contributed by atoms with van der Waals surface area (Å²) in [6.07, 6.45) is 7.12. The normalized spacial score (nSPS) is 31.2. The number of nitro groups is 1. The first-order valence-corrected chi connectivity index (χ1v) is 8.21. The van der Waals surface area contributed by atoms with Gasteiger partial charge < -0.3 is 0 Å². The second-order valence-electron chi connectivity index (χ2n) is 7.15. The number of non-ortho nitro benzene ring substituents is 1. The van der Waals surface area contributed by atoms with Crippen LogP contribution in [0.25, 0.3) is 0 Å². The number of imide groups is 1. The number of rotatable bonds is 4. The molecule has 0 radical (unpaired) electrons. The molecule has 4 atom stereocenters. The zero-order valence-electron chi connectivity index (χ0n) is 13.3. The van der Waals surface area contributed by atoms with Crippen molar-refractivity contribution in [3.63, 3.8) is 0 Å². The highest BCUT2D eigenvalue weighted by Gasteiger charge is 2.67. The number of allylic oxidation sites excluding steroid dienone is 2. The van der Waals surface area contributed by atoms with Crippen LogP contribution in [0.2, 0.25) is 0 Å². The number of nitrogens with zero attached hydrogens (tertiary/aromatic N) is 2. The lowest BCUT2D eigenvalue weighted by Crippen LogP contribution is -2.39. The topological polar surface area (TPSA) is 80.5 Å². The summed E-state index contributed by atoms with van der Waals surface area (Å²) in [7, 11) is 0. The average Bonchev–Trinajstić information content (AvgIpc) is 3.23. The van der Waals surface area contributed by atoms with E-state index in [9.17, 15) is 19.7 Å². The number of hydrogen-bond acceptors (Lipinski definition) is 4. The zero-order valence-corrected chi connectivity index (χ0v) is 13.3. The molecule has 0 N–H and O–H groups in total. The number of benzene rings is 1. The van der Waals surface area contributed by atoms with E-state index < -0.39 is 4.92 Å². The van der Waals surface area contributed by atoms with E-state index in [0.717, 1.165) is 17.7 Å². The van der Waals surface area contributed by atoms with Crippen LogP contribution in [0.3, 0.4) is 0 Å². The smallest absolute Gasteiger partial charge is 0.271 e. The highest BCUT2D eigenvalue weighted by atomic mass is 16.6. The molecule has 24 heavy (non-hydrogen) atoms. The maximum absolute atomic E-state index is 13.1. The number of hydrogen-bond donors (Lipinski definition) is 0. The minimum atomic E-state index is -0.529. The fraction of sp³-hybridized carbons (Fsp3) is 0.444. The zero-order chi connectivity index (χ0) is 17.1. The Bertz CT molecular complexity index is 768. The Morgan fingerprint density at radius 1 is 1.33 bits per heavy atom. The molecule has 0 saturated heterocycles. The molecule has 1 aromatic rings. The third-order valence-electron chi connectivity index (χ3n) is 6.15. The van der Waals surface area contributed by atoms with Crippen LogP contribution in [0, 0.1) is 39.2 Å². The largest absolute Gasteiger partial charge is 0.278 e. The van der Waals surface area contributed by atoms with E-state index in [1.54, 1.807) is 6.07 Å². The van der Waals surface area contributed by atoms with Gasteiger partial charge in [0, 0.05) is 18.1 Å². The summed E-state index contributed by atoms with van der Waals surface area (Å²) < 4.78 is 0. The summed E-state index contributed by atoms with van der Waals surface area (Å²) in [5, 5.41) is 10.9. The predicted octanol–water partition coefficient (Wildman–Crippen LogP) is 2.93. The molecule has 2 bridgehead atoms. The Morgan fingerprint density at radius 3 is 2.62 bits per heavy atom. The highest BCUT2D eigenvalue weighted by Crippen LogP contribution is 2.72. The van der Waals surface area contributed by atoms with E-state index in [1.165, 1.54) is 18.2 Å². The van der Waals surface area contributed by atoms with Crippen LogP contribution in [0.1, 0.15) is 19.8 Å². The second kappa shape index (κ2) is 5.00. The standard InChI is InChI=1S/C18H18N2O4/c1-11-14-5-6-15(18(14)7-8-18)16(11)17(22)19(10-21)12-3-2-4-13(9-12)20(23)24/h2-6,9-11,14-16H,7-8H2,1H3/t11-,14-,15-,16+/m1/s1. The van der Waals surface area contributed by atoms with Gasteiger partial charge >= 0.3 is 0 Å². The van der Waals surface area contributed by atoms with Crippen molar-refractivity contribution in [1.82, 2.24) is 0 Å². The number of carbonyl (C=O) groups is 2. The highest BCUT2D eigenvalue weighted by molar-refractivity contribution is 6.08. The lowest BCUT2D eigenvalue weighted by molar-refractivity contribution is -0.384. The number of carbonyl (C=O) groups excluding carboxylic acids is 2. The quantitative estimate of drug-likeness (QED) is 0.369. The molecule has 6 heteroatoms. The Morgan fingerprint density at radius 2 is 2.04 bits per heavy atom. The van der Waals surface area contributed by atoms with Gasteiger partial charge in [0.15, 0.2) is 0 Å². The maximum Gasteiger partial charge on any atom is 0.271 e. The first-order chi connectivity index (χ1) is 11.5. The van der Waals surface area contributed by atoms with Gasteiger partial charge in [-0.05, 0) is 42.1 Å². The van der Waals surface area contributed by atoms with Crippen LogP contribution in [-0.2, 0) is 9.59 Å². The molecule has 3 aliphatic carbocycles. The molecule has 0 aliphatic heterocycles. The van der Waals surface area contributed by atoms with Gasteiger partial charge in [0.05, 0.1) is 10.6 Å². The number of nitro benzene ring substituents is 1. The molecule has 0 heterocycles. The molecule has 2 saturated carbocycles. The Labute approximate surface area is 139 Å². The molecular weight excluding hydrogens is 308 g/mol. The Kier molecular flexibility index (Phi) is 3.13. The molecule has 124 valence electrons. The average molecular weight is 326 g/mol. The monoisotopic (exact) mass is 326 g/mol. The van der Waals surface area contributed by atoms with Crippen molar-refractivity contribution in [2.24, 2.45) is 29.1 Å². The third-order valence-corrected chi connectivity index (χ3v) is 6.15. The van der Waals surface area contributed by atoms with Crippen molar-refractivity contribution in [3.05, 3.63) is 46.5 Å². The third kappa shape index (κ3) is 1.89. The molecule has 6 nitrogen and oxygen atoms in total. The van der Waals surface area contributed by atoms with E-state index in [1.807, 2.05) is 0 Å². The van der Waals surface area contributed by atoms with Gasteiger partial charge in [-0.25, -0.2) is 0 Å². The minimum absolute atomic E-state index is 0.133. The van der Waals surface area contributed by atoms with Gasteiger partial charge in [-0.3, -0.25) is 24.6 Å². The van der Waals surface area contributed by atoms with Crippen LogP contribution in [-0.4, -0.2) is 17.2 Å². The first kappa shape index (κ1) is 15.1. The van der Waals surface area contributed by atoms with Crippen molar-refractivity contribution < 1.29 is 14.5 Å². The lowest BCUT2D eigenvalue weighted by atomic mass is 9.83. The van der Waals surface area contributed by atoms with Crippen LogP contribution >= 0.6 is 0 Å². The molecule has 1 aromatic carbocycles. The molecule has 0 unspecified atom stereocenters. The van der Waals surface area contributed by atoms with Gasteiger partial charge in [-0.1, -0.05) is 25.1 Å². The molecule has 0 aromatic heterocycles. The molecule has 2 amide bonds. The van der Waals surface area contributed by atoms with Crippen LogP contribution in [0.5, 0.6) is 0 Å². The van der Waals surface area contributed by atoms with Crippen LogP contribution < -0.4 is 4.90 Å². The van der Waals surface area contributed by atoms with E-state index in [-0.39, 0.29) is 40.5 Å². The van der Waals surface area contributed by atoms with Gasteiger partial charge in [0.25, 0.3) is 5.69 Å². The number of anilines is 1. The fourth-order valence-electron chi connectivity index (χ4n) is 4.92. The van der Waals surface area contributed by atoms with Crippen LogP contribution in [0.15, 0.2) is 36.4 Å². The Balaban J connectivity index is 1.66. The van der Waals surface area contributed by atoms with E-state index in [2.05, 4.69) is 19.1 Å². The molecular formula is C18H18N2O4. The van der Waals surface area contributed by atoms with Gasteiger partial charge in [0.2, 0.25) is 12.3 Å². The molecule has 4 rings (SSSR count). The van der Waals surface area contributed by atoms with Crippen molar-refractivity contribution >= 4 is 23.7 Å². The maximum atomic E-state index is 13.1. The lowest BCUT2D eigenvalue weighted by Gasteiger charge is -2.27. The van der Waals surface area contributed by atoms with Gasteiger partial charge in [-0.15, -0.1) is 0 Å². The van der Waals surface area contributed by atoms with Crippen molar-refractivity contribution in [2.45, 2.75) is 19.8 Å². The SMILES string of the molecule is C[C@H]1[C@H](C(=O)N(C=O)c2cccc([N+](=O)[O-])c2)[C@H]2C=C[C@H]1C21CC1. The summed E-state index contributed by atoms with van der Waals surface area (Å²) >= 11 is 0. The summed E-state index contributed by atoms with van der Waals surface area (Å²) in [6.45, 7) is 2.08. The van der Waals surface area contributed by atoms with Crippen molar-refractivity contribution in [3.8, 4) is 0 Å². The van der Waals surface area contributed by atoms with E-state index in [4.69, 9.17) is 0 Å². The van der Waals surface area contributed by atoms with Crippen molar-refractivity contribution in [2.75, 3.05) is 4.90 Å².